The molecule has 0 N–H and O–H groups in total. The summed E-state index contributed by atoms with van der Waals surface area (Å²) >= 11 is 5.40. The molecule has 0 spiro atoms. The first-order chi connectivity index (χ1) is 6.46. The lowest BCUT2D eigenvalue weighted by atomic mass is 10.2. The highest BCUT2D eigenvalue weighted by Gasteiger charge is 2.36. The van der Waals surface area contributed by atoms with Gasteiger partial charge in [-0.2, -0.15) is 13.2 Å². The molecular formula is C7H4ClF3N2O. The van der Waals surface area contributed by atoms with E-state index in [1.165, 1.54) is 0 Å². The van der Waals surface area contributed by atoms with Gasteiger partial charge in [-0.25, -0.2) is 9.97 Å². The molecule has 0 aliphatic carbocycles. The third-order valence-corrected chi connectivity index (χ3v) is 1.77. The Morgan fingerprint density at radius 2 is 2.07 bits per heavy atom. The molecule has 0 amide bonds. The minimum Gasteiger partial charge on any atom is -0.303 e. The summed E-state index contributed by atoms with van der Waals surface area (Å²) in [5, 5.41) is -0.348. The second-order valence-corrected chi connectivity index (χ2v) is 2.72. The third kappa shape index (κ3) is 2.20. The summed E-state index contributed by atoms with van der Waals surface area (Å²) in [6, 6.07) is 0. The Balaban J connectivity index is 3.28. The van der Waals surface area contributed by atoms with Crippen LogP contribution in [0.4, 0.5) is 13.2 Å². The zero-order valence-corrected chi connectivity index (χ0v) is 7.43. The van der Waals surface area contributed by atoms with Crippen molar-refractivity contribution in [3.8, 4) is 0 Å². The van der Waals surface area contributed by atoms with Crippen LogP contribution in [0.15, 0.2) is 6.33 Å². The average molecular weight is 225 g/mol. The van der Waals surface area contributed by atoms with Crippen LogP contribution in [-0.2, 0) is 17.4 Å². The van der Waals surface area contributed by atoms with E-state index >= 15 is 0 Å². The van der Waals surface area contributed by atoms with Gasteiger partial charge in [0, 0.05) is 12.0 Å². The van der Waals surface area contributed by atoms with E-state index in [0.29, 0.717) is 12.6 Å². The molecule has 7 heteroatoms. The molecule has 0 aromatic carbocycles. The van der Waals surface area contributed by atoms with Crippen molar-refractivity contribution in [2.75, 3.05) is 0 Å². The molecule has 0 aliphatic heterocycles. The lowest BCUT2D eigenvalue weighted by Crippen LogP contribution is -2.13. The van der Waals surface area contributed by atoms with Crippen molar-refractivity contribution in [2.45, 2.75) is 12.6 Å². The van der Waals surface area contributed by atoms with Crippen LogP contribution < -0.4 is 0 Å². The van der Waals surface area contributed by atoms with Gasteiger partial charge in [0.2, 0.25) is 0 Å². The van der Waals surface area contributed by atoms with Gasteiger partial charge in [0.05, 0.1) is 0 Å². The summed E-state index contributed by atoms with van der Waals surface area (Å²) in [6.45, 7) is 0. The SMILES string of the molecule is O=CCc1c(Cl)ncnc1C(F)(F)F. The maximum atomic E-state index is 12.3. The predicted octanol–water partition coefficient (Wildman–Crippen LogP) is 1.89. The number of rotatable bonds is 2. The van der Waals surface area contributed by atoms with Gasteiger partial charge in [-0.15, -0.1) is 0 Å². The highest BCUT2D eigenvalue weighted by Crippen LogP contribution is 2.32. The van der Waals surface area contributed by atoms with Gasteiger partial charge in [-0.05, 0) is 0 Å². The molecule has 0 radical (unpaired) electrons. The fourth-order valence-corrected chi connectivity index (χ4v) is 1.11. The van der Waals surface area contributed by atoms with Gasteiger partial charge in [0.15, 0.2) is 5.69 Å². The molecule has 0 unspecified atom stereocenters. The summed E-state index contributed by atoms with van der Waals surface area (Å²) < 4.78 is 36.9. The summed E-state index contributed by atoms with van der Waals surface area (Å²) in [4.78, 5) is 16.5. The summed E-state index contributed by atoms with van der Waals surface area (Å²) in [6.07, 6.45) is -4.04. The minimum atomic E-state index is -4.62. The van der Waals surface area contributed by atoms with Crippen LogP contribution in [0.25, 0.3) is 0 Å². The predicted molar refractivity (Wildman–Crippen MR) is 41.8 cm³/mol. The van der Waals surface area contributed by atoms with E-state index in [0.717, 1.165) is 0 Å². The molecule has 1 rings (SSSR count). The molecule has 1 aromatic rings. The molecule has 14 heavy (non-hydrogen) atoms. The molecule has 0 bridgehead atoms. The first-order valence-corrected chi connectivity index (χ1v) is 3.85. The van der Waals surface area contributed by atoms with Crippen LogP contribution in [0.1, 0.15) is 11.3 Å². The molecule has 76 valence electrons. The van der Waals surface area contributed by atoms with E-state index < -0.39 is 23.9 Å². The molecule has 0 atom stereocenters. The molecule has 1 heterocycles. The van der Waals surface area contributed by atoms with Crippen molar-refractivity contribution in [3.63, 3.8) is 0 Å². The highest BCUT2D eigenvalue weighted by molar-refractivity contribution is 6.30. The fraction of sp³-hybridized carbons (Fsp3) is 0.286. The fourth-order valence-electron chi connectivity index (χ4n) is 0.899. The number of hydrogen-bond donors (Lipinski definition) is 0. The summed E-state index contributed by atoms with van der Waals surface area (Å²) in [5.74, 6) is 0. The van der Waals surface area contributed by atoms with Crippen LogP contribution in [-0.4, -0.2) is 16.3 Å². The van der Waals surface area contributed by atoms with Gasteiger partial charge in [-0.1, -0.05) is 11.6 Å². The van der Waals surface area contributed by atoms with Crippen molar-refractivity contribution < 1.29 is 18.0 Å². The first kappa shape index (κ1) is 10.9. The maximum absolute atomic E-state index is 12.3. The number of carbonyl (C=O) groups excluding carboxylic acids is 1. The van der Waals surface area contributed by atoms with Gasteiger partial charge in [0.1, 0.15) is 17.8 Å². The van der Waals surface area contributed by atoms with Gasteiger partial charge < -0.3 is 4.79 Å². The lowest BCUT2D eigenvalue weighted by Gasteiger charge is -2.09. The summed E-state index contributed by atoms with van der Waals surface area (Å²) in [5.41, 5.74) is -1.55. The van der Waals surface area contributed by atoms with E-state index in [1.807, 2.05) is 0 Å². The Labute approximate surface area is 81.9 Å². The topological polar surface area (TPSA) is 42.9 Å². The van der Waals surface area contributed by atoms with Crippen molar-refractivity contribution in [3.05, 3.63) is 22.7 Å². The maximum Gasteiger partial charge on any atom is 0.433 e. The number of carbonyl (C=O) groups is 1. The van der Waals surface area contributed by atoms with Crippen LogP contribution in [0.2, 0.25) is 5.15 Å². The normalized spacial score (nSPS) is 11.4. The molecule has 0 saturated carbocycles. The van der Waals surface area contributed by atoms with Crippen LogP contribution in [0.5, 0.6) is 0 Å². The number of nitrogens with zero attached hydrogens (tertiary/aromatic N) is 2. The monoisotopic (exact) mass is 224 g/mol. The van der Waals surface area contributed by atoms with E-state index in [4.69, 9.17) is 11.6 Å². The molecule has 0 aliphatic rings. The average Bonchev–Trinajstić information content (AvgIpc) is 2.07. The van der Waals surface area contributed by atoms with Crippen LogP contribution in [0, 0.1) is 0 Å². The lowest BCUT2D eigenvalue weighted by molar-refractivity contribution is -0.141. The molecule has 0 fully saturated rings. The molecule has 3 nitrogen and oxygen atoms in total. The van der Waals surface area contributed by atoms with Gasteiger partial charge in [-0.3, -0.25) is 0 Å². The zero-order valence-electron chi connectivity index (χ0n) is 6.68. The Kier molecular flexibility index (Phi) is 3.05. The van der Waals surface area contributed by atoms with E-state index in [2.05, 4.69) is 9.97 Å². The van der Waals surface area contributed by atoms with Crippen molar-refractivity contribution >= 4 is 17.9 Å². The third-order valence-electron chi connectivity index (χ3n) is 1.45. The Morgan fingerprint density at radius 3 is 2.57 bits per heavy atom. The number of aromatic nitrogens is 2. The van der Waals surface area contributed by atoms with Crippen LogP contribution in [0.3, 0.4) is 0 Å². The van der Waals surface area contributed by atoms with Crippen molar-refractivity contribution in [2.24, 2.45) is 0 Å². The van der Waals surface area contributed by atoms with Crippen molar-refractivity contribution in [1.82, 2.24) is 9.97 Å². The molecular weight excluding hydrogens is 221 g/mol. The quantitative estimate of drug-likeness (QED) is 0.569. The van der Waals surface area contributed by atoms with E-state index in [-0.39, 0.29) is 5.15 Å². The van der Waals surface area contributed by atoms with E-state index in [9.17, 15) is 18.0 Å². The van der Waals surface area contributed by atoms with Crippen molar-refractivity contribution in [1.29, 1.82) is 0 Å². The number of aldehydes is 1. The second-order valence-electron chi connectivity index (χ2n) is 2.36. The van der Waals surface area contributed by atoms with Crippen LogP contribution >= 0.6 is 11.6 Å². The highest BCUT2D eigenvalue weighted by atomic mass is 35.5. The Morgan fingerprint density at radius 1 is 1.43 bits per heavy atom. The number of alkyl halides is 3. The smallest absolute Gasteiger partial charge is 0.303 e. The first-order valence-electron chi connectivity index (χ1n) is 3.47. The Bertz CT molecular complexity index is 353. The minimum absolute atomic E-state index is 0.319. The molecule has 1 aromatic heterocycles. The van der Waals surface area contributed by atoms with Gasteiger partial charge >= 0.3 is 6.18 Å². The second kappa shape index (κ2) is 3.91. The summed E-state index contributed by atoms with van der Waals surface area (Å²) in [7, 11) is 0. The Hall–Kier alpha value is -1.17. The van der Waals surface area contributed by atoms with E-state index in [1.54, 1.807) is 0 Å². The number of halogens is 4. The zero-order chi connectivity index (χ0) is 10.8. The molecule has 0 saturated heterocycles. The largest absolute Gasteiger partial charge is 0.433 e. The standard InChI is InChI=1S/C7H4ClF3N2O/c8-6-4(1-2-14)5(7(9,10)11)12-3-13-6/h2-3H,1H2. The van der Waals surface area contributed by atoms with Gasteiger partial charge in [0.25, 0.3) is 0 Å². The number of hydrogen-bond acceptors (Lipinski definition) is 3.